The largest absolute Gasteiger partial charge is 0.466 e. The fourth-order valence-electron chi connectivity index (χ4n) is 2.05. The minimum Gasteiger partial charge on any atom is -0.466 e. The highest BCUT2D eigenvalue weighted by Crippen LogP contribution is 2.38. The van der Waals surface area contributed by atoms with Gasteiger partial charge in [-0.1, -0.05) is 6.07 Å². The highest BCUT2D eigenvalue weighted by atomic mass is 19.4. The molecule has 1 aromatic rings. The average Bonchev–Trinajstić information content (AvgIpc) is 2.89. The molecule has 1 aromatic carbocycles. The van der Waals surface area contributed by atoms with Crippen LogP contribution in [0.1, 0.15) is 11.1 Å². The van der Waals surface area contributed by atoms with Crippen LogP contribution in [0, 0.1) is 0 Å². The Kier molecular flexibility index (Phi) is 4.39. The Balaban J connectivity index is 2.41. The molecule has 1 aliphatic rings. The molecule has 1 N–H and O–H groups in total. The van der Waals surface area contributed by atoms with Crippen molar-refractivity contribution >= 4 is 23.8 Å². The Hall–Kier alpha value is -2.51. The van der Waals surface area contributed by atoms with Crippen LogP contribution in [0.15, 0.2) is 24.3 Å². The first-order valence-electron chi connectivity index (χ1n) is 6.35. The molecule has 8 heteroatoms. The molecule has 0 unspecified atom stereocenters. The predicted octanol–water partition coefficient (Wildman–Crippen LogP) is 2.42. The van der Waals surface area contributed by atoms with Crippen molar-refractivity contribution in [3.63, 3.8) is 0 Å². The van der Waals surface area contributed by atoms with Crippen LogP contribution < -0.4 is 10.2 Å². The lowest BCUT2D eigenvalue weighted by Gasteiger charge is -2.20. The zero-order valence-electron chi connectivity index (χ0n) is 11.6. The zero-order chi connectivity index (χ0) is 16.3. The maximum Gasteiger partial charge on any atom is 0.418 e. The van der Waals surface area contributed by atoms with Crippen LogP contribution in [0.2, 0.25) is 0 Å². The van der Waals surface area contributed by atoms with Gasteiger partial charge in [0.1, 0.15) is 0 Å². The number of hydrogen-bond acceptors (Lipinski definition) is 3. The number of carbonyl (C=O) groups is 2. The molecular weight excluding hydrogens is 301 g/mol. The molecule has 0 atom stereocenters. The van der Waals surface area contributed by atoms with Crippen LogP contribution >= 0.6 is 0 Å². The van der Waals surface area contributed by atoms with E-state index in [-0.39, 0.29) is 17.8 Å². The molecule has 0 aliphatic carbocycles. The Morgan fingerprint density at radius 1 is 1.41 bits per heavy atom. The molecule has 22 heavy (non-hydrogen) atoms. The lowest BCUT2D eigenvalue weighted by atomic mass is 10.1. The van der Waals surface area contributed by atoms with Crippen molar-refractivity contribution in [2.45, 2.75) is 6.18 Å². The van der Waals surface area contributed by atoms with E-state index in [0.29, 0.717) is 6.54 Å². The summed E-state index contributed by atoms with van der Waals surface area (Å²) >= 11 is 0. The Labute approximate surface area is 124 Å². The number of nitrogens with zero attached hydrogens (tertiary/aromatic N) is 1. The van der Waals surface area contributed by atoms with E-state index in [9.17, 15) is 22.8 Å². The van der Waals surface area contributed by atoms with Crippen LogP contribution in [0.5, 0.6) is 0 Å². The third kappa shape index (κ3) is 3.38. The molecule has 0 spiro atoms. The van der Waals surface area contributed by atoms with Crippen LogP contribution in [0.4, 0.5) is 23.7 Å². The van der Waals surface area contributed by atoms with Gasteiger partial charge in [0, 0.05) is 19.2 Å². The van der Waals surface area contributed by atoms with Crippen molar-refractivity contribution < 1.29 is 27.5 Å². The topological polar surface area (TPSA) is 58.6 Å². The first kappa shape index (κ1) is 15.9. The predicted molar refractivity (Wildman–Crippen MR) is 73.2 cm³/mol. The summed E-state index contributed by atoms with van der Waals surface area (Å²) in [5.74, 6) is -0.670. The SMILES string of the molecule is COC(=O)C=Cc1ccc(N2CCNC2=O)c(C(F)(F)F)c1. The second-order valence-electron chi connectivity index (χ2n) is 4.51. The second kappa shape index (κ2) is 6.08. The third-order valence-electron chi connectivity index (χ3n) is 3.09. The van der Waals surface area contributed by atoms with E-state index in [0.717, 1.165) is 17.0 Å². The molecule has 0 radical (unpaired) electrons. The molecule has 2 rings (SSSR count). The lowest BCUT2D eigenvalue weighted by Crippen LogP contribution is -2.29. The molecule has 1 aliphatic heterocycles. The summed E-state index contributed by atoms with van der Waals surface area (Å²) in [6, 6.07) is 2.93. The zero-order valence-corrected chi connectivity index (χ0v) is 11.6. The van der Waals surface area contributed by atoms with Gasteiger partial charge in [-0.2, -0.15) is 13.2 Å². The minimum atomic E-state index is -4.62. The molecule has 0 bridgehead atoms. The number of anilines is 1. The van der Waals surface area contributed by atoms with Crippen LogP contribution in [-0.4, -0.2) is 32.2 Å². The van der Waals surface area contributed by atoms with Crippen molar-refractivity contribution in [3.8, 4) is 0 Å². The summed E-state index contributed by atoms with van der Waals surface area (Å²) in [4.78, 5) is 23.6. The normalized spacial score (nSPS) is 15.3. The summed E-state index contributed by atoms with van der Waals surface area (Å²) in [5, 5.41) is 2.45. The van der Waals surface area contributed by atoms with Crippen molar-refractivity contribution in [1.82, 2.24) is 5.32 Å². The Morgan fingerprint density at radius 2 is 2.14 bits per heavy atom. The molecule has 1 saturated heterocycles. The molecule has 2 amide bonds. The van der Waals surface area contributed by atoms with Gasteiger partial charge in [0.2, 0.25) is 0 Å². The van der Waals surface area contributed by atoms with E-state index in [1.165, 1.54) is 25.3 Å². The number of methoxy groups -OCH3 is 1. The molecule has 118 valence electrons. The van der Waals surface area contributed by atoms with Crippen molar-refractivity contribution in [3.05, 3.63) is 35.4 Å². The highest BCUT2D eigenvalue weighted by Gasteiger charge is 2.37. The van der Waals surface area contributed by atoms with E-state index in [1.807, 2.05) is 0 Å². The number of halogens is 3. The molecule has 0 aromatic heterocycles. The molecule has 5 nitrogen and oxygen atoms in total. The van der Waals surface area contributed by atoms with Crippen LogP contribution in [0.25, 0.3) is 6.08 Å². The monoisotopic (exact) mass is 314 g/mol. The van der Waals surface area contributed by atoms with E-state index >= 15 is 0 Å². The quantitative estimate of drug-likeness (QED) is 0.688. The summed E-state index contributed by atoms with van der Waals surface area (Å²) in [6.45, 7) is 0.458. The smallest absolute Gasteiger partial charge is 0.418 e. The van der Waals surface area contributed by atoms with E-state index in [2.05, 4.69) is 10.1 Å². The lowest BCUT2D eigenvalue weighted by molar-refractivity contribution is -0.137. The summed E-state index contributed by atoms with van der Waals surface area (Å²) < 4.78 is 44.0. The first-order chi connectivity index (χ1) is 10.3. The maximum absolute atomic E-state index is 13.2. The number of carbonyl (C=O) groups excluding carboxylic acids is 2. The van der Waals surface area contributed by atoms with Crippen LogP contribution in [0.3, 0.4) is 0 Å². The van der Waals surface area contributed by atoms with E-state index in [4.69, 9.17) is 0 Å². The number of hydrogen-bond donors (Lipinski definition) is 1. The molecular formula is C14H13F3N2O3. The Morgan fingerprint density at radius 3 is 2.68 bits per heavy atom. The van der Waals surface area contributed by atoms with Crippen molar-refractivity contribution in [1.29, 1.82) is 0 Å². The number of alkyl halides is 3. The fraction of sp³-hybridized carbons (Fsp3) is 0.286. The fourth-order valence-corrected chi connectivity index (χ4v) is 2.05. The van der Waals surface area contributed by atoms with Gasteiger partial charge in [-0.05, 0) is 23.8 Å². The van der Waals surface area contributed by atoms with Gasteiger partial charge in [0.15, 0.2) is 0 Å². The first-order valence-corrected chi connectivity index (χ1v) is 6.35. The van der Waals surface area contributed by atoms with Crippen molar-refractivity contribution in [2.24, 2.45) is 0 Å². The average molecular weight is 314 g/mol. The number of urea groups is 1. The van der Waals surface area contributed by atoms with Gasteiger partial charge in [-0.3, -0.25) is 4.90 Å². The minimum absolute atomic E-state index is 0.166. The van der Waals surface area contributed by atoms with E-state index < -0.39 is 23.7 Å². The molecule has 1 fully saturated rings. The molecule has 0 saturated carbocycles. The van der Waals surface area contributed by atoms with Crippen molar-refractivity contribution in [2.75, 3.05) is 25.1 Å². The number of amides is 2. The van der Waals surface area contributed by atoms with Gasteiger partial charge in [-0.25, -0.2) is 9.59 Å². The third-order valence-corrected chi connectivity index (χ3v) is 3.09. The maximum atomic E-state index is 13.2. The number of esters is 1. The summed E-state index contributed by atoms with van der Waals surface area (Å²) in [6.07, 6.45) is -2.38. The standard InChI is InChI=1S/C14H13F3N2O3/c1-22-12(20)5-3-9-2-4-11(10(8-9)14(15,16)17)19-7-6-18-13(19)21/h2-5,8H,6-7H2,1H3,(H,18,21). The summed E-state index contributed by atoms with van der Waals surface area (Å²) in [7, 11) is 1.17. The number of rotatable bonds is 3. The van der Waals surface area contributed by atoms with Gasteiger partial charge < -0.3 is 10.1 Å². The summed E-state index contributed by atoms with van der Waals surface area (Å²) in [5.41, 5.74) is -0.963. The van der Waals surface area contributed by atoms with E-state index in [1.54, 1.807) is 0 Å². The number of benzene rings is 1. The van der Waals surface area contributed by atoms with Gasteiger partial charge in [-0.15, -0.1) is 0 Å². The molecule has 1 heterocycles. The van der Waals surface area contributed by atoms with Gasteiger partial charge in [0.05, 0.1) is 18.4 Å². The number of nitrogens with one attached hydrogen (secondary N) is 1. The number of ether oxygens (including phenoxy) is 1. The highest BCUT2D eigenvalue weighted by molar-refractivity contribution is 5.95. The Bertz CT molecular complexity index is 626. The van der Waals surface area contributed by atoms with Gasteiger partial charge >= 0.3 is 18.2 Å². The second-order valence-corrected chi connectivity index (χ2v) is 4.51. The van der Waals surface area contributed by atoms with Gasteiger partial charge in [0.25, 0.3) is 0 Å². The van der Waals surface area contributed by atoms with Crippen LogP contribution in [-0.2, 0) is 15.7 Å².